The Kier molecular flexibility index (Phi) is 7.50. The molecule has 2 aliphatic heterocycles. The van der Waals surface area contributed by atoms with Crippen LogP contribution in [0.3, 0.4) is 0 Å². The third-order valence-electron chi connectivity index (χ3n) is 5.93. The maximum Gasteiger partial charge on any atom is 0.410 e. The monoisotopic (exact) mass is 512 g/mol. The number of anilines is 1. The highest BCUT2D eigenvalue weighted by atomic mass is 35.5. The second-order valence-corrected chi connectivity index (χ2v) is 10.1. The van der Waals surface area contributed by atoms with Crippen LogP contribution in [-0.4, -0.2) is 63.2 Å². The zero-order valence-electron chi connectivity index (χ0n) is 20.6. The molecule has 4 rings (SSSR count). The van der Waals surface area contributed by atoms with Gasteiger partial charge in [-0.15, -0.1) is 0 Å². The summed E-state index contributed by atoms with van der Waals surface area (Å²) in [7, 11) is 0. The fourth-order valence-corrected chi connectivity index (χ4v) is 4.48. The molecule has 3 heterocycles. The smallest absolute Gasteiger partial charge is 0.410 e. The molecule has 0 unspecified atom stereocenters. The highest BCUT2D eigenvalue weighted by molar-refractivity contribution is 6.28. The molecule has 1 aromatic heterocycles. The molecule has 2 aromatic rings. The predicted molar refractivity (Wildman–Crippen MR) is 132 cm³/mol. The second-order valence-electron chi connectivity index (χ2n) is 9.77. The molecule has 1 atom stereocenters. The number of carbonyl (C=O) groups is 2. The maximum absolute atomic E-state index is 12.8. The number of fused-ring (bicyclic) bond motifs is 1. The van der Waals surface area contributed by atoms with Gasteiger partial charge in [0, 0.05) is 25.2 Å². The van der Waals surface area contributed by atoms with Crippen LogP contribution < -0.4 is 4.90 Å². The van der Waals surface area contributed by atoms with Crippen LogP contribution in [0.2, 0.25) is 5.28 Å². The van der Waals surface area contributed by atoms with Crippen LogP contribution in [-0.2, 0) is 29.2 Å². The van der Waals surface area contributed by atoms with Crippen molar-refractivity contribution >= 4 is 29.6 Å². The van der Waals surface area contributed by atoms with Gasteiger partial charge in [0.25, 0.3) is 0 Å². The Balaban J connectivity index is 1.47. The van der Waals surface area contributed by atoms with Crippen LogP contribution in [0.5, 0.6) is 0 Å². The Labute approximate surface area is 215 Å². The van der Waals surface area contributed by atoms with E-state index in [4.69, 9.17) is 21.1 Å². The fraction of sp³-hybridized carbons (Fsp3) is 0.480. The number of nitriles is 1. The van der Waals surface area contributed by atoms with Gasteiger partial charge in [-0.05, 0) is 37.9 Å². The molecule has 10 nitrogen and oxygen atoms in total. The van der Waals surface area contributed by atoms with Gasteiger partial charge < -0.3 is 19.3 Å². The van der Waals surface area contributed by atoms with Crippen molar-refractivity contribution < 1.29 is 19.1 Å². The number of rotatable bonds is 4. The SMILES string of the molecule is CC(C)(C)OC(=O)N1Cc2nc(Cl)nc(N3CCN(C(=O)OCc4ccccc4)[C@@H](CC#N)C3)c2C1. The number of ether oxygens (including phenoxy) is 2. The van der Waals surface area contributed by atoms with Crippen LogP contribution in [0.25, 0.3) is 0 Å². The van der Waals surface area contributed by atoms with E-state index in [1.54, 1.807) is 9.80 Å². The van der Waals surface area contributed by atoms with Gasteiger partial charge >= 0.3 is 12.2 Å². The summed E-state index contributed by atoms with van der Waals surface area (Å²) in [5, 5.41) is 9.50. The molecular formula is C25H29ClN6O4. The van der Waals surface area contributed by atoms with Crippen LogP contribution in [0.1, 0.15) is 44.0 Å². The lowest BCUT2D eigenvalue weighted by Gasteiger charge is -2.40. The maximum atomic E-state index is 12.8. The Bertz CT molecular complexity index is 1160. The van der Waals surface area contributed by atoms with E-state index in [1.165, 1.54) is 0 Å². The molecule has 0 aliphatic carbocycles. The van der Waals surface area contributed by atoms with E-state index in [0.717, 1.165) is 11.1 Å². The van der Waals surface area contributed by atoms with Crippen LogP contribution in [0.4, 0.5) is 15.4 Å². The molecule has 1 aromatic carbocycles. The van der Waals surface area contributed by atoms with Gasteiger partial charge in [-0.1, -0.05) is 30.3 Å². The number of piperazine rings is 1. The normalized spacial score (nSPS) is 17.4. The quantitative estimate of drug-likeness (QED) is 0.562. The summed E-state index contributed by atoms with van der Waals surface area (Å²) in [6, 6.07) is 11.2. The zero-order chi connectivity index (χ0) is 25.9. The standard InChI is InChI=1S/C25H29ClN6O4/c1-25(2,3)36-23(33)31-14-19-20(15-31)28-22(26)29-21(19)30-11-12-32(18(13-30)9-10-27)24(34)35-16-17-7-5-4-6-8-17/h4-8,18H,9,11-16H2,1-3H3/t18-/m0/s1. The molecule has 0 spiro atoms. The van der Waals surface area contributed by atoms with Crippen LogP contribution in [0, 0.1) is 11.3 Å². The van der Waals surface area contributed by atoms with E-state index in [9.17, 15) is 14.9 Å². The van der Waals surface area contributed by atoms with Crippen molar-refractivity contribution in [3.05, 3.63) is 52.4 Å². The minimum Gasteiger partial charge on any atom is -0.445 e. The molecule has 2 amide bonds. The van der Waals surface area contributed by atoms with Crippen molar-refractivity contribution in [2.75, 3.05) is 24.5 Å². The number of nitrogens with zero attached hydrogens (tertiary/aromatic N) is 6. The number of benzene rings is 1. The minimum absolute atomic E-state index is 0.0799. The van der Waals surface area contributed by atoms with Crippen molar-refractivity contribution in [2.45, 2.75) is 58.5 Å². The van der Waals surface area contributed by atoms with Crippen molar-refractivity contribution in [2.24, 2.45) is 0 Å². The minimum atomic E-state index is -0.617. The predicted octanol–water partition coefficient (Wildman–Crippen LogP) is 4.12. The summed E-state index contributed by atoms with van der Waals surface area (Å²) >= 11 is 6.24. The molecule has 11 heteroatoms. The Morgan fingerprint density at radius 1 is 1.14 bits per heavy atom. The van der Waals surface area contributed by atoms with Gasteiger partial charge in [0.1, 0.15) is 18.0 Å². The lowest BCUT2D eigenvalue weighted by Crippen LogP contribution is -2.55. The molecule has 0 bridgehead atoms. The Hall–Kier alpha value is -3.58. The van der Waals surface area contributed by atoms with E-state index >= 15 is 0 Å². The summed E-state index contributed by atoms with van der Waals surface area (Å²) in [6.07, 6.45) is -0.751. The highest BCUT2D eigenvalue weighted by Gasteiger charge is 2.36. The third kappa shape index (κ3) is 5.97. The number of hydrogen-bond acceptors (Lipinski definition) is 8. The van der Waals surface area contributed by atoms with E-state index in [-0.39, 0.29) is 30.9 Å². The van der Waals surface area contributed by atoms with Gasteiger partial charge in [0.05, 0.1) is 37.3 Å². The first kappa shape index (κ1) is 25.5. The van der Waals surface area contributed by atoms with Crippen molar-refractivity contribution in [3.63, 3.8) is 0 Å². The number of hydrogen-bond donors (Lipinski definition) is 0. The molecule has 190 valence electrons. The van der Waals surface area contributed by atoms with Crippen LogP contribution in [0.15, 0.2) is 30.3 Å². The fourth-order valence-electron chi connectivity index (χ4n) is 4.30. The van der Waals surface area contributed by atoms with Gasteiger partial charge in [0.15, 0.2) is 0 Å². The third-order valence-corrected chi connectivity index (χ3v) is 6.10. The van der Waals surface area contributed by atoms with Gasteiger partial charge in [-0.2, -0.15) is 5.26 Å². The molecule has 2 aliphatic rings. The number of carbonyl (C=O) groups excluding carboxylic acids is 2. The first-order chi connectivity index (χ1) is 17.1. The molecule has 1 saturated heterocycles. The molecule has 0 saturated carbocycles. The van der Waals surface area contributed by atoms with Gasteiger partial charge in [0.2, 0.25) is 5.28 Å². The van der Waals surface area contributed by atoms with Crippen molar-refractivity contribution in [1.29, 1.82) is 5.26 Å². The molecular weight excluding hydrogens is 484 g/mol. The molecule has 1 fully saturated rings. The lowest BCUT2D eigenvalue weighted by molar-refractivity contribution is 0.0240. The molecule has 0 radical (unpaired) electrons. The van der Waals surface area contributed by atoms with Crippen molar-refractivity contribution in [3.8, 4) is 6.07 Å². The molecule has 36 heavy (non-hydrogen) atoms. The van der Waals surface area contributed by atoms with Gasteiger partial charge in [-0.3, -0.25) is 4.90 Å². The number of aromatic nitrogens is 2. The highest BCUT2D eigenvalue weighted by Crippen LogP contribution is 2.33. The Morgan fingerprint density at radius 3 is 2.58 bits per heavy atom. The lowest BCUT2D eigenvalue weighted by atomic mass is 10.1. The van der Waals surface area contributed by atoms with E-state index in [2.05, 4.69) is 16.0 Å². The summed E-state index contributed by atoms with van der Waals surface area (Å²) in [5.74, 6) is 0.608. The average Bonchev–Trinajstić information content (AvgIpc) is 3.26. The second kappa shape index (κ2) is 10.6. The molecule has 0 N–H and O–H groups in total. The van der Waals surface area contributed by atoms with E-state index in [1.807, 2.05) is 56.0 Å². The first-order valence-electron chi connectivity index (χ1n) is 11.8. The number of halogens is 1. The van der Waals surface area contributed by atoms with E-state index in [0.29, 0.717) is 37.7 Å². The number of amides is 2. The van der Waals surface area contributed by atoms with E-state index < -0.39 is 17.8 Å². The summed E-state index contributed by atoms with van der Waals surface area (Å²) in [4.78, 5) is 39.4. The summed E-state index contributed by atoms with van der Waals surface area (Å²) in [6.45, 7) is 7.36. The van der Waals surface area contributed by atoms with Crippen LogP contribution >= 0.6 is 11.6 Å². The topological polar surface area (TPSA) is 112 Å². The van der Waals surface area contributed by atoms with Gasteiger partial charge in [-0.25, -0.2) is 19.6 Å². The van der Waals surface area contributed by atoms with Crippen molar-refractivity contribution in [1.82, 2.24) is 19.8 Å². The first-order valence-corrected chi connectivity index (χ1v) is 12.1. The average molecular weight is 513 g/mol. The summed E-state index contributed by atoms with van der Waals surface area (Å²) < 4.78 is 11.0. The Morgan fingerprint density at radius 2 is 1.89 bits per heavy atom. The summed E-state index contributed by atoms with van der Waals surface area (Å²) in [5.41, 5.74) is 1.73. The zero-order valence-corrected chi connectivity index (χ0v) is 21.4. The largest absolute Gasteiger partial charge is 0.445 e.